The zero-order valence-corrected chi connectivity index (χ0v) is 12.6. The van der Waals surface area contributed by atoms with Gasteiger partial charge in [-0.1, -0.05) is 0 Å². The van der Waals surface area contributed by atoms with Crippen LogP contribution in [0, 0.1) is 0 Å². The predicted octanol–water partition coefficient (Wildman–Crippen LogP) is 1.58. The number of H-pyrrole nitrogens is 1. The van der Waals surface area contributed by atoms with Gasteiger partial charge in [-0.2, -0.15) is 5.10 Å². The number of aromatic nitrogens is 4. The van der Waals surface area contributed by atoms with Gasteiger partial charge in [0.2, 0.25) is 11.7 Å². The molecular weight excluding hydrogens is 314 g/mol. The quantitative estimate of drug-likeness (QED) is 0.752. The maximum absolute atomic E-state index is 11.9. The molecule has 0 aliphatic rings. The number of methoxy groups -OCH3 is 1. The Morgan fingerprint density at radius 3 is 2.71 bits per heavy atom. The highest BCUT2D eigenvalue weighted by Gasteiger charge is 2.11. The van der Waals surface area contributed by atoms with Crippen LogP contribution >= 0.6 is 0 Å². The predicted molar refractivity (Wildman–Crippen MR) is 84.6 cm³/mol. The second kappa shape index (κ2) is 6.65. The van der Waals surface area contributed by atoms with Crippen LogP contribution in [0.25, 0.3) is 5.95 Å². The van der Waals surface area contributed by atoms with Crippen LogP contribution < -0.4 is 20.3 Å². The van der Waals surface area contributed by atoms with Gasteiger partial charge in [0.05, 0.1) is 13.3 Å². The molecular formula is C15H13N5O4. The average Bonchev–Trinajstić information content (AvgIpc) is 3.12. The highest BCUT2D eigenvalue weighted by Crippen LogP contribution is 2.15. The largest absolute Gasteiger partial charge is 0.497 e. The van der Waals surface area contributed by atoms with E-state index in [9.17, 15) is 9.59 Å². The number of carbonyl (C=O) groups excluding carboxylic acids is 1. The molecule has 1 aromatic carbocycles. The van der Waals surface area contributed by atoms with Crippen molar-refractivity contribution in [3.05, 3.63) is 59.3 Å². The normalized spacial score (nSPS) is 10.2. The van der Waals surface area contributed by atoms with Crippen LogP contribution in [-0.2, 0) is 0 Å². The van der Waals surface area contributed by atoms with Crippen molar-refractivity contribution < 1.29 is 14.3 Å². The molecule has 0 spiro atoms. The maximum Gasteiger partial charge on any atom is 0.417 e. The third kappa shape index (κ3) is 3.40. The lowest BCUT2D eigenvalue weighted by molar-refractivity contribution is 0.214. The van der Waals surface area contributed by atoms with Crippen molar-refractivity contribution in [3.8, 4) is 17.4 Å². The number of nitrogens with zero attached hydrogens (tertiary/aromatic N) is 3. The first-order chi connectivity index (χ1) is 11.7. The molecule has 3 aromatic rings. The van der Waals surface area contributed by atoms with E-state index in [0.29, 0.717) is 11.4 Å². The summed E-state index contributed by atoms with van der Waals surface area (Å²) < 4.78 is 11.4. The summed E-state index contributed by atoms with van der Waals surface area (Å²) in [6, 6.07) is 8.34. The first-order valence-electron chi connectivity index (χ1n) is 6.88. The molecule has 0 fully saturated rings. The maximum atomic E-state index is 11.9. The number of amides is 1. The fourth-order valence-corrected chi connectivity index (χ4v) is 1.87. The summed E-state index contributed by atoms with van der Waals surface area (Å²) in [6.45, 7) is 0. The Hall–Kier alpha value is -3.62. The number of rotatable bonds is 4. The molecule has 0 aliphatic carbocycles. The number of ether oxygens (including phenoxy) is 2. The van der Waals surface area contributed by atoms with Gasteiger partial charge in [0.1, 0.15) is 5.75 Å². The summed E-state index contributed by atoms with van der Waals surface area (Å²) in [4.78, 5) is 30.3. The number of anilines is 1. The van der Waals surface area contributed by atoms with Gasteiger partial charge in [0, 0.05) is 18.1 Å². The Morgan fingerprint density at radius 2 is 2.08 bits per heavy atom. The molecule has 9 nitrogen and oxygen atoms in total. The summed E-state index contributed by atoms with van der Waals surface area (Å²) in [6.07, 6.45) is 3.52. The van der Waals surface area contributed by atoms with E-state index in [1.165, 1.54) is 4.68 Å². The second-order valence-electron chi connectivity index (χ2n) is 4.59. The van der Waals surface area contributed by atoms with E-state index in [1.807, 2.05) is 0 Å². The van der Waals surface area contributed by atoms with Crippen LogP contribution in [-0.4, -0.2) is 33.0 Å². The van der Waals surface area contributed by atoms with Crippen LogP contribution in [0.2, 0.25) is 0 Å². The van der Waals surface area contributed by atoms with Gasteiger partial charge in [0.15, 0.2) is 0 Å². The minimum atomic E-state index is -0.806. The van der Waals surface area contributed by atoms with Crippen molar-refractivity contribution in [2.75, 3.05) is 12.4 Å². The number of hydrogen-bond acceptors (Lipinski definition) is 6. The van der Waals surface area contributed by atoms with E-state index >= 15 is 0 Å². The Morgan fingerprint density at radius 1 is 1.29 bits per heavy atom. The lowest BCUT2D eigenvalue weighted by atomic mass is 10.3. The zero-order valence-electron chi connectivity index (χ0n) is 12.6. The minimum Gasteiger partial charge on any atom is -0.497 e. The summed E-state index contributed by atoms with van der Waals surface area (Å²) >= 11 is 0. The fraction of sp³-hybridized carbons (Fsp3) is 0.0667. The Bertz CT molecular complexity index is 887. The van der Waals surface area contributed by atoms with Crippen molar-refractivity contribution in [2.45, 2.75) is 0 Å². The molecule has 0 atom stereocenters. The third-order valence-corrected chi connectivity index (χ3v) is 3.01. The molecule has 9 heteroatoms. The highest BCUT2D eigenvalue weighted by molar-refractivity contribution is 5.86. The topological polar surface area (TPSA) is 111 Å². The highest BCUT2D eigenvalue weighted by atomic mass is 16.6. The van der Waals surface area contributed by atoms with Crippen LogP contribution in [0.3, 0.4) is 0 Å². The number of benzene rings is 1. The van der Waals surface area contributed by atoms with E-state index in [4.69, 9.17) is 9.47 Å². The van der Waals surface area contributed by atoms with Gasteiger partial charge in [-0.25, -0.2) is 14.5 Å². The summed E-state index contributed by atoms with van der Waals surface area (Å²) in [5, 5.41) is 6.44. The Balaban J connectivity index is 1.68. The molecule has 0 bridgehead atoms. The molecule has 0 unspecified atom stereocenters. The van der Waals surface area contributed by atoms with Gasteiger partial charge < -0.3 is 9.47 Å². The lowest BCUT2D eigenvalue weighted by Crippen LogP contribution is -2.22. The van der Waals surface area contributed by atoms with Crippen molar-refractivity contribution >= 4 is 11.8 Å². The van der Waals surface area contributed by atoms with Crippen LogP contribution in [0.1, 0.15) is 0 Å². The van der Waals surface area contributed by atoms with E-state index in [-0.39, 0.29) is 11.7 Å². The summed E-state index contributed by atoms with van der Waals surface area (Å²) in [5.74, 6) is 0.647. The Kier molecular flexibility index (Phi) is 4.23. The summed E-state index contributed by atoms with van der Waals surface area (Å²) in [5.41, 5.74) is -0.0984. The number of carbonyl (C=O) groups is 1. The zero-order chi connectivity index (χ0) is 16.9. The van der Waals surface area contributed by atoms with Gasteiger partial charge >= 0.3 is 6.09 Å². The van der Waals surface area contributed by atoms with Gasteiger partial charge in [-0.3, -0.25) is 15.1 Å². The molecule has 0 aliphatic heterocycles. The average molecular weight is 327 g/mol. The molecule has 2 aromatic heterocycles. The molecule has 2 N–H and O–H groups in total. The molecule has 0 saturated heterocycles. The monoisotopic (exact) mass is 327 g/mol. The Labute approximate surface area is 135 Å². The van der Waals surface area contributed by atoms with E-state index in [2.05, 4.69) is 20.4 Å². The molecule has 0 saturated carbocycles. The van der Waals surface area contributed by atoms with E-state index < -0.39 is 11.7 Å². The van der Waals surface area contributed by atoms with Crippen LogP contribution in [0.5, 0.6) is 11.5 Å². The van der Waals surface area contributed by atoms with Gasteiger partial charge in [-0.05, 0) is 30.3 Å². The first-order valence-corrected chi connectivity index (χ1v) is 6.88. The first kappa shape index (κ1) is 15.3. The van der Waals surface area contributed by atoms with E-state index in [1.54, 1.807) is 49.8 Å². The second-order valence-corrected chi connectivity index (χ2v) is 4.59. The van der Waals surface area contributed by atoms with Crippen molar-refractivity contribution in [2.24, 2.45) is 0 Å². The van der Waals surface area contributed by atoms with Crippen molar-refractivity contribution in [1.82, 2.24) is 19.7 Å². The molecule has 0 radical (unpaired) electrons. The SMILES string of the molecule is COc1ccc(NC(=O)Oc2cnc(-n3cccn3)[nH]c2=O)cc1. The number of aromatic amines is 1. The van der Waals surface area contributed by atoms with Crippen molar-refractivity contribution in [3.63, 3.8) is 0 Å². The molecule has 122 valence electrons. The van der Waals surface area contributed by atoms with Crippen LogP contribution in [0.15, 0.2) is 53.7 Å². The smallest absolute Gasteiger partial charge is 0.417 e. The molecule has 2 heterocycles. The minimum absolute atomic E-state index is 0.216. The molecule has 3 rings (SSSR count). The van der Waals surface area contributed by atoms with Gasteiger partial charge in [0.25, 0.3) is 5.56 Å². The molecule has 1 amide bonds. The fourth-order valence-electron chi connectivity index (χ4n) is 1.87. The van der Waals surface area contributed by atoms with Crippen molar-refractivity contribution in [1.29, 1.82) is 0 Å². The van der Waals surface area contributed by atoms with E-state index in [0.717, 1.165) is 6.20 Å². The lowest BCUT2D eigenvalue weighted by Gasteiger charge is -2.07. The summed E-state index contributed by atoms with van der Waals surface area (Å²) in [7, 11) is 1.54. The third-order valence-electron chi connectivity index (χ3n) is 3.01. The number of hydrogen-bond donors (Lipinski definition) is 2. The molecule has 24 heavy (non-hydrogen) atoms. The number of nitrogens with one attached hydrogen (secondary N) is 2. The van der Waals surface area contributed by atoms with Gasteiger partial charge in [-0.15, -0.1) is 0 Å². The van der Waals surface area contributed by atoms with Crippen LogP contribution in [0.4, 0.5) is 10.5 Å². The standard InChI is InChI=1S/C15H13N5O4/c1-23-11-5-3-10(4-6-11)18-15(22)24-12-9-16-14(19-13(12)21)20-8-2-7-17-20/h2-9H,1H3,(H,18,22)(H,16,19,21).